The third-order valence-corrected chi connectivity index (χ3v) is 12.7. The number of hydrogen-bond acceptors (Lipinski definition) is 4. The summed E-state index contributed by atoms with van der Waals surface area (Å²) in [5.74, 6) is 4.93. The van der Waals surface area contributed by atoms with Gasteiger partial charge in [-0.2, -0.15) is 0 Å². The second-order valence-corrected chi connectivity index (χ2v) is 15.5. The lowest BCUT2D eigenvalue weighted by atomic mass is 9.44. The summed E-state index contributed by atoms with van der Waals surface area (Å²) >= 11 is 0. The van der Waals surface area contributed by atoms with Crippen LogP contribution in [0.15, 0.2) is 0 Å². The first-order valence-corrected chi connectivity index (χ1v) is 17.6. The van der Waals surface area contributed by atoms with Crippen molar-refractivity contribution < 1.29 is 4.79 Å². The molecule has 5 nitrogen and oxygen atoms in total. The zero-order chi connectivity index (χ0) is 28.9. The topological polar surface area (TPSA) is 70.4 Å². The van der Waals surface area contributed by atoms with Crippen LogP contribution in [0, 0.1) is 40.4 Å². The number of nitrogens with zero attached hydrogens (tertiary/aromatic N) is 1. The summed E-state index contributed by atoms with van der Waals surface area (Å²) in [7, 11) is 0. The van der Waals surface area contributed by atoms with Gasteiger partial charge in [0.1, 0.15) is 0 Å². The van der Waals surface area contributed by atoms with Crippen LogP contribution in [-0.4, -0.2) is 55.1 Å². The van der Waals surface area contributed by atoms with Crippen molar-refractivity contribution in [2.24, 2.45) is 46.2 Å². The number of amides is 1. The van der Waals surface area contributed by atoms with Crippen LogP contribution >= 0.6 is 0 Å². The molecule has 1 amide bonds. The summed E-state index contributed by atoms with van der Waals surface area (Å²) in [5.41, 5.74) is 6.67. The molecular formula is C35H66N4O. The highest BCUT2D eigenvalue weighted by atomic mass is 16.2. The van der Waals surface area contributed by atoms with Gasteiger partial charge in [-0.25, -0.2) is 0 Å². The SMILES string of the molecule is CC(C)N(C(=O)CCCC1CCC2C3CCC4CC(NCCCNCCCN)CCC4(C)C3CCC12C)C(C)C. The van der Waals surface area contributed by atoms with Gasteiger partial charge in [0.25, 0.3) is 0 Å². The molecule has 40 heavy (non-hydrogen) atoms. The Balaban J connectivity index is 1.26. The molecule has 0 bridgehead atoms. The number of carbonyl (C=O) groups excluding carboxylic acids is 1. The van der Waals surface area contributed by atoms with Gasteiger partial charge in [0.15, 0.2) is 0 Å². The van der Waals surface area contributed by atoms with Gasteiger partial charge in [0.2, 0.25) is 5.91 Å². The third-order valence-electron chi connectivity index (χ3n) is 12.7. The van der Waals surface area contributed by atoms with E-state index >= 15 is 0 Å². The molecule has 8 atom stereocenters. The van der Waals surface area contributed by atoms with Crippen LogP contribution in [0.25, 0.3) is 0 Å². The molecule has 5 heteroatoms. The zero-order valence-corrected chi connectivity index (χ0v) is 27.3. The molecule has 0 aromatic heterocycles. The molecule has 4 aliphatic rings. The second-order valence-electron chi connectivity index (χ2n) is 15.5. The van der Waals surface area contributed by atoms with Crippen molar-refractivity contribution in [3.05, 3.63) is 0 Å². The van der Waals surface area contributed by atoms with Gasteiger partial charge in [0, 0.05) is 24.5 Å². The molecule has 4 fully saturated rings. The Bertz CT molecular complexity index is 792. The van der Waals surface area contributed by atoms with Gasteiger partial charge in [-0.3, -0.25) is 4.79 Å². The van der Waals surface area contributed by atoms with Crippen LogP contribution in [0.4, 0.5) is 0 Å². The van der Waals surface area contributed by atoms with Crippen LogP contribution in [0.5, 0.6) is 0 Å². The summed E-state index contributed by atoms with van der Waals surface area (Å²) in [4.78, 5) is 15.1. The quantitative estimate of drug-likeness (QED) is 0.206. The second kappa shape index (κ2) is 14.2. The van der Waals surface area contributed by atoms with E-state index in [0.29, 0.717) is 28.8 Å². The van der Waals surface area contributed by atoms with E-state index in [9.17, 15) is 4.79 Å². The Morgan fingerprint density at radius 3 is 2.27 bits per heavy atom. The van der Waals surface area contributed by atoms with Crippen molar-refractivity contribution in [3.63, 3.8) is 0 Å². The van der Waals surface area contributed by atoms with Crippen molar-refractivity contribution in [2.75, 3.05) is 26.2 Å². The molecule has 8 unspecified atom stereocenters. The molecule has 0 aliphatic heterocycles. The van der Waals surface area contributed by atoms with Crippen LogP contribution in [0.2, 0.25) is 0 Å². The van der Waals surface area contributed by atoms with E-state index in [0.717, 1.165) is 81.1 Å². The number of rotatable bonds is 14. The lowest BCUT2D eigenvalue weighted by molar-refractivity contribution is -0.135. The first-order chi connectivity index (χ1) is 19.1. The van der Waals surface area contributed by atoms with E-state index < -0.39 is 0 Å². The Hall–Kier alpha value is -0.650. The van der Waals surface area contributed by atoms with Gasteiger partial charge in [-0.05, 0) is 178 Å². The van der Waals surface area contributed by atoms with Gasteiger partial charge >= 0.3 is 0 Å². The molecule has 0 saturated heterocycles. The van der Waals surface area contributed by atoms with Crippen LogP contribution in [0.1, 0.15) is 131 Å². The Morgan fingerprint density at radius 2 is 1.55 bits per heavy atom. The van der Waals surface area contributed by atoms with E-state index in [1.807, 2.05) is 0 Å². The molecule has 0 radical (unpaired) electrons. The minimum Gasteiger partial charge on any atom is -0.338 e. The van der Waals surface area contributed by atoms with E-state index in [2.05, 4.69) is 57.1 Å². The summed E-state index contributed by atoms with van der Waals surface area (Å²) in [6.45, 7) is 18.1. The summed E-state index contributed by atoms with van der Waals surface area (Å²) < 4.78 is 0. The number of nitrogens with one attached hydrogen (secondary N) is 2. The molecule has 4 N–H and O–H groups in total. The predicted molar refractivity (Wildman–Crippen MR) is 169 cm³/mol. The average molecular weight is 559 g/mol. The highest BCUT2D eigenvalue weighted by Gasteiger charge is 2.59. The number of hydrogen-bond donors (Lipinski definition) is 3. The molecule has 232 valence electrons. The molecule has 4 rings (SSSR count). The first kappa shape index (κ1) is 32.3. The molecule has 4 saturated carbocycles. The lowest BCUT2D eigenvalue weighted by Gasteiger charge is -2.61. The Morgan fingerprint density at radius 1 is 0.850 bits per heavy atom. The van der Waals surface area contributed by atoms with Crippen molar-refractivity contribution >= 4 is 5.91 Å². The minimum atomic E-state index is 0.298. The smallest absolute Gasteiger partial charge is 0.223 e. The summed E-state index contributed by atoms with van der Waals surface area (Å²) in [5, 5.41) is 7.46. The van der Waals surface area contributed by atoms with Crippen LogP contribution in [0.3, 0.4) is 0 Å². The third kappa shape index (κ3) is 6.94. The Kier molecular flexibility index (Phi) is 11.5. The number of carbonyl (C=O) groups is 1. The maximum atomic E-state index is 13.0. The van der Waals surface area contributed by atoms with Gasteiger partial charge in [-0.1, -0.05) is 13.8 Å². The fourth-order valence-corrected chi connectivity index (χ4v) is 10.7. The predicted octanol–water partition coefficient (Wildman–Crippen LogP) is 6.75. The first-order valence-electron chi connectivity index (χ1n) is 17.6. The molecule has 4 aliphatic carbocycles. The molecule has 0 heterocycles. The minimum absolute atomic E-state index is 0.298. The van der Waals surface area contributed by atoms with Gasteiger partial charge < -0.3 is 21.3 Å². The maximum Gasteiger partial charge on any atom is 0.223 e. The standard InChI is InChI=1S/C35H66N4O/c1-25(2)39(26(3)4)33(40)11-7-10-27-13-15-31-30-14-12-28-24-29(38-23-9-22-37-21-8-20-36)16-18-35(28,6)32(30)17-19-34(27,31)5/h25-32,37-38H,7-24,36H2,1-6H3. The molecule has 0 spiro atoms. The average Bonchev–Trinajstić information content (AvgIpc) is 3.24. The molecular weight excluding hydrogens is 492 g/mol. The fraction of sp³-hybridized carbons (Fsp3) is 0.971. The lowest BCUT2D eigenvalue weighted by Crippen LogP contribution is -2.55. The van der Waals surface area contributed by atoms with Crippen molar-refractivity contribution in [1.29, 1.82) is 0 Å². The zero-order valence-electron chi connectivity index (χ0n) is 27.3. The van der Waals surface area contributed by atoms with E-state index in [1.54, 1.807) is 0 Å². The largest absolute Gasteiger partial charge is 0.338 e. The summed E-state index contributed by atoms with van der Waals surface area (Å²) in [6.07, 6.45) is 18.3. The van der Waals surface area contributed by atoms with Crippen LogP contribution in [-0.2, 0) is 4.79 Å². The van der Waals surface area contributed by atoms with Crippen molar-refractivity contribution in [1.82, 2.24) is 15.5 Å². The summed E-state index contributed by atoms with van der Waals surface area (Å²) in [6, 6.07) is 1.33. The molecule has 0 aromatic carbocycles. The fourth-order valence-electron chi connectivity index (χ4n) is 10.7. The maximum absolute atomic E-state index is 13.0. The normalized spacial score (nSPS) is 37.3. The molecule has 0 aromatic rings. The van der Waals surface area contributed by atoms with E-state index in [-0.39, 0.29) is 0 Å². The Labute approximate surface area is 247 Å². The highest BCUT2D eigenvalue weighted by Crippen LogP contribution is 2.67. The highest BCUT2D eigenvalue weighted by molar-refractivity contribution is 5.76. The van der Waals surface area contributed by atoms with E-state index in [4.69, 9.17) is 5.73 Å². The van der Waals surface area contributed by atoms with Crippen molar-refractivity contribution in [2.45, 2.75) is 150 Å². The van der Waals surface area contributed by atoms with Gasteiger partial charge in [0.05, 0.1) is 0 Å². The number of nitrogens with two attached hydrogens (primary N) is 1. The van der Waals surface area contributed by atoms with Gasteiger partial charge in [-0.15, -0.1) is 0 Å². The van der Waals surface area contributed by atoms with E-state index in [1.165, 1.54) is 70.6 Å². The monoisotopic (exact) mass is 559 g/mol. The number of fused-ring (bicyclic) bond motifs is 5. The van der Waals surface area contributed by atoms with Crippen LogP contribution < -0.4 is 16.4 Å². The van der Waals surface area contributed by atoms with Crippen molar-refractivity contribution in [3.8, 4) is 0 Å².